The summed E-state index contributed by atoms with van der Waals surface area (Å²) < 4.78 is 28.9. The van der Waals surface area contributed by atoms with Gasteiger partial charge < -0.3 is 0 Å². The van der Waals surface area contributed by atoms with Crippen molar-refractivity contribution < 1.29 is 13.0 Å². The second kappa shape index (κ2) is 5.61. The molecule has 0 amide bonds. The molecule has 3 nitrogen and oxygen atoms in total. The van der Waals surface area contributed by atoms with Crippen LogP contribution < -0.4 is 0 Å². The molecule has 0 unspecified atom stereocenters. The molecule has 0 aliphatic rings. The third-order valence-corrected chi connectivity index (χ3v) is 2.44. The Morgan fingerprint density at radius 1 is 1.33 bits per heavy atom. The summed E-state index contributed by atoms with van der Waals surface area (Å²) in [6, 6.07) is 0. The van der Waals surface area contributed by atoms with Crippen LogP contribution in [0.2, 0.25) is 0 Å². The van der Waals surface area contributed by atoms with Crippen molar-refractivity contribution >= 4 is 27.2 Å². The highest BCUT2D eigenvalue weighted by Gasteiger charge is 2.02. The quantitative estimate of drug-likeness (QED) is 0.413. The van der Waals surface area contributed by atoms with Gasteiger partial charge in [0.1, 0.15) is 0 Å². The Hall–Kier alpha value is -0.0000000000000000763. The van der Waals surface area contributed by atoms with Crippen LogP contribution in [-0.4, -0.2) is 23.6 Å². The number of thiocarbonyl (C=S) groups is 1. The maximum Gasteiger partial charge on any atom is 0.264 e. The number of unbranched alkanes of at least 4 members (excludes halogenated alkanes) is 2. The Kier molecular flexibility index (Phi) is 5.61. The Morgan fingerprint density at radius 3 is 2.33 bits per heavy atom. The number of hydrogen-bond donors (Lipinski definition) is 1. The minimum absolute atomic E-state index is 0.135. The van der Waals surface area contributed by atoms with Gasteiger partial charge in [-0.2, -0.15) is 8.42 Å². The molecule has 5 heteroatoms. The molecule has 0 fully saturated rings. The van der Waals surface area contributed by atoms with Crippen LogP contribution in [0.15, 0.2) is 0 Å². The van der Waals surface area contributed by atoms with Crippen LogP contribution in [0.25, 0.3) is 0 Å². The molecule has 0 aliphatic carbocycles. The first-order valence-electron chi connectivity index (χ1n) is 3.86. The van der Waals surface area contributed by atoms with Crippen LogP contribution in [-0.2, 0) is 10.1 Å². The molecule has 0 heterocycles. The van der Waals surface area contributed by atoms with Gasteiger partial charge in [0.2, 0.25) is 0 Å². The molecule has 0 bridgehead atoms. The lowest BCUT2D eigenvalue weighted by atomic mass is 10.2. The lowest BCUT2D eigenvalue weighted by molar-refractivity contribution is 0.479. The highest BCUT2D eigenvalue weighted by Crippen LogP contribution is 2.02. The maximum atomic E-state index is 10.3. The second-order valence-corrected chi connectivity index (χ2v) is 5.07. The van der Waals surface area contributed by atoms with Gasteiger partial charge in [-0.3, -0.25) is 4.55 Å². The lowest BCUT2D eigenvalue weighted by Crippen LogP contribution is -2.03. The van der Waals surface area contributed by atoms with Gasteiger partial charge in [-0.15, -0.1) is 0 Å². The minimum atomic E-state index is -3.76. The Balaban J connectivity index is 3.29. The van der Waals surface area contributed by atoms with Gasteiger partial charge in [0.25, 0.3) is 10.1 Å². The molecule has 0 atom stereocenters. The highest BCUT2D eigenvalue weighted by molar-refractivity contribution is 7.85. The van der Waals surface area contributed by atoms with E-state index in [1.54, 1.807) is 0 Å². The van der Waals surface area contributed by atoms with Gasteiger partial charge in [-0.05, 0) is 31.1 Å². The minimum Gasteiger partial charge on any atom is -0.286 e. The molecular formula is C7H14O3S2. The second-order valence-electron chi connectivity index (χ2n) is 2.80. The van der Waals surface area contributed by atoms with Crippen molar-refractivity contribution in [3.63, 3.8) is 0 Å². The maximum absolute atomic E-state index is 10.3. The summed E-state index contributed by atoms with van der Waals surface area (Å²) in [5.74, 6) is -0.135. The molecule has 0 aromatic carbocycles. The molecule has 0 radical (unpaired) electrons. The van der Waals surface area contributed by atoms with Crippen molar-refractivity contribution in [3.8, 4) is 0 Å². The summed E-state index contributed by atoms with van der Waals surface area (Å²) in [7, 11) is -3.76. The molecule has 0 aromatic heterocycles. The van der Waals surface area contributed by atoms with E-state index in [1.807, 2.05) is 6.92 Å². The molecule has 1 N–H and O–H groups in total. The molecule has 72 valence electrons. The van der Waals surface area contributed by atoms with E-state index >= 15 is 0 Å². The van der Waals surface area contributed by atoms with Crippen molar-refractivity contribution in [2.45, 2.75) is 32.6 Å². The average Bonchev–Trinajstić information content (AvgIpc) is 1.83. The summed E-state index contributed by atoms with van der Waals surface area (Å²) >= 11 is 4.85. The van der Waals surface area contributed by atoms with Crippen molar-refractivity contribution in [1.82, 2.24) is 0 Å². The first-order valence-corrected chi connectivity index (χ1v) is 5.88. The molecule has 0 aromatic rings. The molecule has 0 spiro atoms. The summed E-state index contributed by atoms with van der Waals surface area (Å²) in [4.78, 5) is 0.946. The first kappa shape index (κ1) is 12.0. The van der Waals surface area contributed by atoms with E-state index in [0.29, 0.717) is 6.42 Å². The van der Waals surface area contributed by atoms with Gasteiger partial charge in [-0.1, -0.05) is 18.6 Å². The monoisotopic (exact) mass is 210 g/mol. The Morgan fingerprint density at radius 2 is 1.92 bits per heavy atom. The van der Waals surface area contributed by atoms with Gasteiger partial charge in [0.15, 0.2) is 0 Å². The summed E-state index contributed by atoms with van der Waals surface area (Å²) in [5, 5.41) is 0. The largest absolute Gasteiger partial charge is 0.286 e. The summed E-state index contributed by atoms with van der Waals surface area (Å²) in [5.41, 5.74) is 0. The number of hydrogen-bond acceptors (Lipinski definition) is 3. The van der Waals surface area contributed by atoms with Crippen LogP contribution >= 0.6 is 12.2 Å². The molecule has 0 saturated carbocycles. The molecule has 0 saturated heterocycles. The van der Waals surface area contributed by atoms with Gasteiger partial charge in [-0.25, -0.2) is 0 Å². The zero-order valence-corrected chi connectivity index (χ0v) is 8.75. The zero-order valence-electron chi connectivity index (χ0n) is 7.12. The molecule has 12 heavy (non-hydrogen) atoms. The fraction of sp³-hybridized carbons (Fsp3) is 0.857. The molecule has 0 rings (SSSR count). The standard InChI is InChI=1S/C7H14O3S2/c1-7(11)5-3-2-4-6-12(8,9)10/h2-6H2,1H3,(H,8,9,10). The van der Waals surface area contributed by atoms with Crippen LogP contribution in [0.3, 0.4) is 0 Å². The average molecular weight is 210 g/mol. The van der Waals surface area contributed by atoms with Crippen molar-refractivity contribution in [1.29, 1.82) is 0 Å². The fourth-order valence-corrected chi connectivity index (χ4v) is 1.55. The van der Waals surface area contributed by atoms with E-state index in [4.69, 9.17) is 16.8 Å². The van der Waals surface area contributed by atoms with E-state index in [2.05, 4.69) is 0 Å². The normalized spacial score (nSPS) is 11.5. The van der Waals surface area contributed by atoms with Crippen LogP contribution in [0, 0.1) is 0 Å². The Bertz CT molecular complexity index is 231. The SMILES string of the molecule is CC(=S)CCCCCS(=O)(=O)O. The predicted octanol–water partition coefficient (Wildman–Crippen LogP) is 1.82. The third-order valence-electron chi connectivity index (χ3n) is 1.43. The van der Waals surface area contributed by atoms with Crippen molar-refractivity contribution in [2.75, 3.05) is 5.75 Å². The van der Waals surface area contributed by atoms with Crippen LogP contribution in [0.4, 0.5) is 0 Å². The lowest BCUT2D eigenvalue weighted by Gasteiger charge is -1.97. The highest BCUT2D eigenvalue weighted by atomic mass is 32.2. The summed E-state index contributed by atoms with van der Waals surface area (Å²) in [6.07, 6.45) is 3.08. The fourth-order valence-electron chi connectivity index (χ4n) is 0.835. The first-order chi connectivity index (χ1) is 5.42. The van der Waals surface area contributed by atoms with E-state index in [0.717, 1.165) is 24.1 Å². The van der Waals surface area contributed by atoms with Gasteiger partial charge in [0, 0.05) is 0 Å². The van der Waals surface area contributed by atoms with E-state index in [1.165, 1.54) is 0 Å². The topological polar surface area (TPSA) is 54.4 Å². The smallest absolute Gasteiger partial charge is 0.264 e. The summed E-state index contributed by atoms with van der Waals surface area (Å²) in [6.45, 7) is 1.87. The number of rotatable bonds is 6. The van der Waals surface area contributed by atoms with E-state index < -0.39 is 10.1 Å². The Labute approximate surface area is 78.9 Å². The molecule has 0 aliphatic heterocycles. The van der Waals surface area contributed by atoms with Crippen molar-refractivity contribution in [2.24, 2.45) is 0 Å². The van der Waals surface area contributed by atoms with Crippen molar-refractivity contribution in [3.05, 3.63) is 0 Å². The van der Waals surface area contributed by atoms with Crippen LogP contribution in [0.5, 0.6) is 0 Å². The van der Waals surface area contributed by atoms with Gasteiger partial charge >= 0.3 is 0 Å². The predicted molar refractivity (Wildman–Crippen MR) is 53.2 cm³/mol. The van der Waals surface area contributed by atoms with E-state index in [9.17, 15) is 8.42 Å². The van der Waals surface area contributed by atoms with E-state index in [-0.39, 0.29) is 5.75 Å². The molecular weight excluding hydrogens is 196 g/mol. The van der Waals surface area contributed by atoms with Crippen LogP contribution in [0.1, 0.15) is 32.6 Å². The third kappa shape index (κ3) is 10.0. The van der Waals surface area contributed by atoms with Gasteiger partial charge in [0.05, 0.1) is 5.75 Å². The zero-order chi connectivity index (χ0) is 9.61.